The van der Waals surface area contributed by atoms with Crippen molar-refractivity contribution in [2.75, 3.05) is 0 Å². The van der Waals surface area contributed by atoms with Gasteiger partial charge in [0.05, 0.1) is 5.60 Å². The van der Waals surface area contributed by atoms with Crippen LogP contribution >= 0.6 is 0 Å². The molecule has 136 valence electrons. The summed E-state index contributed by atoms with van der Waals surface area (Å²) in [4.78, 5) is 0. The van der Waals surface area contributed by atoms with Crippen molar-refractivity contribution in [3.8, 4) is 0 Å². The van der Waals surface area contributed by atoms with Gasteiger partial charge in [-0.3, -0.25) is 0 Å². The zero-order valence-corrected chi connectivity index (χ0v) is 16.4. The summed E-state index contributed by atoms with van der Waals surface area (Å²) in [5.41, 5.74) is 1.57. The Morgan fingerprint density at radius 3 is 2.33 bits per heavy atom. The van der Waals surface area contributed by atoms with Gasteiger partial charge in [-0.05, 0) is 112 Å². The minimum atomic E-state index is -0.399. The SMILES string of the molecule is C=C(C)[C@H]1CC[C@H]2[C@@H]3C[C@@H](C)[C@H]4C[C@](C)(O)CC[C@@H]4[C@H]3CC[C@]12C. The van der Waals surface area contributed by atoms with E-state index in [2.05, 4.69) is 34.3 Å². The number of hydrogen-bond donors (Lipinski definition) is 1. The number of fused-ring (bicyclic) bond motifs is 5. The van der Waals surface area contributed by atoms with Crippen LogP contribution in [0.1, 0.15) is 79.1 Å². The fraction of sp³-hybridized carbons (Fsp3) is 0.913. The highest BCUT2D eigenvalue weighted by molar-refractivity contribution is 5.14. The average molecular weight is 331 g/mol. The molecule has 1 nitrogen and oxygen atoms in total. The Bertz CT molecular complexity index is 520. The van der Waals surface area contributed by atoms with Crippen molar-refractivity contribution in [3.05, 3.63) is 12.2 Å². The number of hydrogen-bond acceptors (Lipinski definition) is 1. The topological polar surface area (TPSA) is 20.2 Å². The molecule has 4 aliphatic carbocycles. The molecule has 0 aromatic carbocycles. The molecule has 0 aromatic heterocycles. The van der Waals surface area contributed by atoms with E-state index in [9.17, 15) is 5.11 Å². The number of allylic oxidation sites excluding steroid dienone is 1. The summed E-state index contributed by atoms with van der Waals surface area (Å²) in [7, 11) is 0. The van der Waals surface area contributed by atoms with Gasteiger partial charge in [0.2, 0.25) is 0 Å². The summed E-state index contributed by atoms with van der Waals surface area (Å²) in [6.45, 7) is 13.8. The first kappa shape index (κ1) is 17.1. The molecule has 4 rings (SSSR count). The maximum atomic E-state index is 10.6. The van der Waals surface area contributed by atoms with Gasteiger partial charge in [-0.2, -0.15) is 0 Å². The molecule has 0 aromatic rings. The maximum absolute atomic E-state index is 10.6. The van der Waals surface area contributed by atoms with Crippen molar-refractivity contribution < 1.29 is 5.11 Å². The van der Waals surface area contributed by atoms with Crippen LogP contribution in [0.5, 0.6) is 0 Å². The van der Waals surface area contributed by atoms with Crippen LogP contribution in [-0.4, -0.2) is 10.7 Å². The predicted octanol–water partition coefficient (Wildman–Crippen LogP) is 5.83. The van der Waals surface area contributed by atoms with Gasteiger partial charge in [0.1, 0.15) is 0 Å². The average Bonchev–Trinajstić information content (AvgIpc) is 2.85. The molecule has 1 N–H and O–H groups in total. The smallest absolute Gasteiger partial charge is 0.0622 e. The Balaban J connectivity index is 1.60. The molecule has 0 aliphatic heterocycles. The van der Waals surface area contributed by atoms with Gasteiger partial charge in [-0.25, -0.2) is 0 Å². The molecule has 0 unspecified atom stereocenters. The second kappa shape index (κ2) is 5.60. The molecule has 1 heteroatoms. The summed E-state index contributed by atoms with van der Waals surface area (Å²) in [6.07, 6.45) is 10.5. The van der Waals surface area contributed by atoms with E-state index in [1.165, 1.54) is 44.1 Å². The molecule has 0 spiro atoms. The quantitative estimate of drug-likeness (QED) is 0.600. The Hall–Kier alpha value is -0.300. The first-order valence-electron chi connectivity index (χ1n) is 10.6. The van der Waals surface area contributed by atoms with E-state index in [4.69, 9.17) is 0 Å². The number of rotatable bonds is 1. The normalized spacial score (nSPS) is 57.0. The van der Waals surface area contributed by atoms with E-state index >= 15 is 0 Å². The van der Waals surface area contributed by atoms with Crippen molar-refractivity contribution >= 4 is 0 Å². The van der Waals surface area contributed by atoms with Gasteiger partial charge in [0.25, 0.3) is 0 Å². The van der Waals surface area contributed by atoms with Crippen LogP contribution in [0.3, 0.4) is 0 Å². The van der Waals surface area contributed by atoms with Gasteiger partial charge < -0.3 is 5.11 Å². The third-order valence-electron chi connectivity index (χ3n) is 9.25. The zero-order valence-electron chi connectivity index (χ0n) is 16.4. The molecule has 4 fully saturated rings. The molecule has 0 bridgehead atoms. The summed E-state index contributed by atoms with van der Waals surface area (Å²) in [5.74, 6) is 6.07. The van der Waals surface area contributed by atoms with Crippen molar-refractivity contribution in [1.29, 1.82) is 0 Å². The van der Waals surface area contributed by atoms with Gasteiger partial charge in [0.15, 0.2) is 0 Å². The highest BCUT2D eigenvalue weighted by atomic mass is 16.3. The number of aliphatic hydroxyl groups is 1. The summed E-state index contributed by atoms with van der Waals surface area (Å²) < 4.78 is 0. The zero-order chi connectivity index (χ0) is 17.3. The Morgan fingerprint density at radius 1 is 0.958 bits per heavy atom. The van der Waals surface area contributed by atoms with Crippen LogP contribution in [-0.2, 0) is 0 Å². The lowest BCUT2D eigenvalue weighted by Gasteiger charge is -2.58. The van der Waals surface area contributed by atoms with E-state index < -0.39 is 5.60 Å². The molecule has 4 aliphatic rings. The summed E-state index contributed by atoms with van der Waals surface area (Å²) in [6, 6.07) is 0. The van der Waals surface area contributed by atoms with Crippen LogP contribution in [0.4, 0.5) is 0 Å². The largest absolute Gasteiger partial charge is 0.390 e. The van der Waals surface area contributed by atoms with E-state index in [0.717, 1.165) is 54.3 Å². The Morgan fingerprint density at radius 2 is 1.62 bits per heavy atom. The lowest BCUT2D eigenvalue weighted by Crippen LogP contribution is -2.52. The van der Waals surface area contributed by atoms with Crippen molar-refractivity contribution in [1.82, 2.24) is 0 Å². The first-order chi connectivity index (χ1) is 11.2. The van der Waals surface area contributed by atoms with Crippen LogP contribution in [0, 0.1) is 46.8 Å². The van der Waals surface area contributed by atoms with Crippen LogP contribution in [0.25, 0.3) is 0 Å². The highest BCUT2D eigenvalue weighted by Crippen LogP contribution is 2.66. The fourth-order valence-corrected chi connectivity index (χ4v) is 8.21. The summed E-state index contributed by atoms with van der Waals surface area (Å²) in [5, 5.41) is 10.6. The fourth-order valence-electron chi connectivity index (χ4n) is 8.21. The minimum Gasteiger partial charge on any atom is -0.390 e. The molecule has 0 amide bonds. The minimum absolute atomic E-state index is 0.399. The highest BCUT2D eigenvalue weighted by Gasteiger charge is 2.58. The Labute approximate surface area is 149 Å². The maximum Gasteiger partial charge on any atom is 0.0622 e. The van der Waals surface area contributed by atoms with E-state index in [1.54, 1.807) is 0 Å². The van der Waals surface area contributed by atoms with E-state index in [0.29, 0.717) is 5.41 Å². The second-order valence-electron chi connectivity index (χ2n) is 10.7. The Kier molecular flexibility index (Phi) is 4.00. The lowest BCUT2D eigenvalue weighted by molar-refractivity contribution is -0.117. The van der Waals surface area contributed by atoms with Gasteiger partial charge >= 0.3 is 0 Å². The molecule has 24 heavy (non-hydrogen) atoms. The van der Waals surface area contributed by atoms with Crippen molar-refractivity contribution in [2.45, 2.75) is 84.7 Å². The first-order valence-corrected chi connectivity index (χ1v) is 10.6. The van der Waals surface area contributed by atoms with Crippen LogP contribution < -0.4 is 0 Å². The second-order valence-corrected chi connectivity index (χ2v) is 10.7. The van der Waals surface area contributed by atoms with E-state index in [1.807, 2.05) is 0 Å². The van der Waals surface area contributed by atoms with Crippen molar-refractivity contribution in [2.24, 2.45) is 46.8 Å². The van der Waals surface area contributed by atoms with Gasteiger partial charge in [-0.15, -0.1) is 0 Å². The standard InChI is InChI=1S/C23H38O/c1-14(2)20-6-7-21-18-12-15(3)19-13-22(4,24)10-8-17(19)16(18)9-11-23(20,21)5/h15-21,24H,1,6-13H2,2-5H3/t15-,16-,17-,18-,19-,20-,21+,22-,23-/m1/s1. The molecule has 0 saturated heterocycles. The third kappa shape index (κ3) is 2.44. The molecule has 9 atom stereocenters. The monoisotopic (exact) mass is 330 g/mol. The van der Waals surface area contributed by atoms with Gasteiger partial charge in [-0.1, -0.05) is 26.0 Å². The third-order valence-corrected chi connectivity index (χ3v) is 9.25. The molecular weight excluding hydrogens is 292 g/mol. The molecule has 4 saturated carbocycles. The van der Waals surface area contributed by atoms with Gasteiger partial charge in [0, 0.05) is 0 Å². The summed E-state index contributed by atoms with van der Waals surface area (Å²) >= 11 is 0. The van der Waals surface area contributed by atoms with Crippen molar-refractivity contribution in [3.63, 3.8) is 0 Å². The molecule has 0 radical (unpaired) electrons. The van der Waals surface area contributed by atoms with Crippen LogP contribution in [0.2, 0.25) is 0 Å². The van der Waals surface area contributed by atoms with E-state index in [-0.39, 0.29) is 0 Å². The molecular formula is C23H38O. The molecule has 0 heterocycles. The predicted molar refractivity (Wildman–Crippen MR) is 101 cm³/mol. The lowest BCUT2D eigenvalue weighted by atomic mass is 9.47. The van der Waals surface area contributed by atoms with Crippen LogP contribution in [0.15, 0.2) is 12.2 Å².